The fourth-order valence-electron chi connectivity index (χ4n) is 1.93. The zero-order chi connectivity index (χ0) is 17.1. The second kappa shape index (κ2) is 6.81. The van der Waals surface area contributed by atoms with Crippen LogP contribution in [-0.4, -0.2) is 15.9 Å². The normalized spacial score (nSPS) is 10.5. The van der Waals surface area contributed by atoms with Gasteiger partial charge in [0.25, 0.3) is 5.69 Å². The summed E-state index contributed by atoms with van der Waals surface area (Å²) < 4.78 is 10.4. The lowest BCUT2D eigenvalue weighted by Gasteiger charge is -2.04. The third-order valence-corrected chi connectivity index (χ3v) is 4.10. The van der Waals surface area contributed by atoms with Gasteiger partial charge in [-0.05, 0) is 23.6 Å². The summed E-state index contributed by atoms with van der Waals surface area (Å²) in [6, 6.07) is 7.40. The molecule has 0 aliphatic rings. The zero-order valence-electron chi connectivity index (χ0n) is 12.0. The number of aromatic nitrogens is 1. The Kier molecular flexibility index (Phi) is 4.59. The number of carbonyl (C=O) groups excluding carboxylic acids is 1. The number of hydrogen-bond donors (Lipinski definition) is 0. The van der Waals surface area contributed by atoms with Crippen LogP contribution in [0.3, 0.4) is 0 Å². The van der Waals surface area contributed by atoms with Crippen LogP contribution in [0.15, 0.2) is 46.4 Å². The lowest BCUT2D eigenvalue weighted by molar-refractivity contribution is -0.385. The Morgan fingerprint density at radius 3 is 2.96 bits per heavy atom. The molecule has 0 aliphatic carbocycles. The number of benzene rings is 1. The largest absolute Gasteiger partial charge is 0.455 e. The number of halogens is 1. The summed E-state index contributed by atoms with van der Waals surface area (Å²) in [6.07, 6.45) is 1.37. The average molecular weight is 365 g/mol. The number of rotatable bonds is 5. The predicted octanol–water partition coefficient (Wildman–Crippen LogP) is 4.32. The molecule has 0 aliphatic heterocycles. The minimum atomic E-state index is -0.857. The molecule has 1 aromatic carbocycles. The topological polar surface area (TPSA) is 95.5 Å². The zero-order valence-corrected chi connectivity index (χ0v) is 13.5. The highest BCUT2D eigenvalue weighted by atomic mass is 35.5. The Labute approximate surface area is 144 Å². The van der Waals surface area contributed by atoms with Crippen LogP contribution in [0.5, 0.6) is 0 Å². The Morgan fingerprint density at radius 2 is 2.25 bits per heavy atom. The van der Waals surface area contributed by atoms with Crippen LogP contribution in [0.2, 0.25) is 5.02 Å². The van der Waals surface area contributed by atoms with E-state index >= 15 is 0 Å². The van der Waals surface area contributed by atoms with E-state index in [-0.39, 0.29) is 22.9 Å². The van der Waals surface area contributed by atoms with Gasteiger partial charge < -0.3 is 9.15 Å². The van der Waals surface area contributed by atoms with E-state index in [1.54, 1.807) is 0 Å². The van der Waals surface area contributed by atoms with E-state index in [2.05, 4.69) is 4.98 Å². The molecule has 0 radical (unpaired) electrons. The standard InChI is InChI=1S/C15H9ClN2O5S/c16-9-3-4-12(18(20)21)11(6-9)15(19)23-8-10-7-22-14(17-10)13-2-1-5-24-13/h1-7H,8H2. The molecule has 0 bridgehead atoms. The minimum Gasteiger partial charge on any atom is -0.455 e. The van der Waals surface area contributed by atoms with Gasteiger partial charge in [0.05, 0.1) is 9.80 Å². The first kappa shape index (κ1) is 16.2. The molecule has 2 aromatic heterocycles. The summed E-state index contributed by atoms with van der Waals surface area (Å²) in [7, 11) is 0. The Balaban J connectivity index is 1.72. The smallest absolute Gasteiger partial charge is 0.345 e. The van der Waals surface area contributed by atoms with E-state index in [4.69, 9.17) is 20.8 Å². The van der Waals surface area contributed by atoms with Crippen LogP contribution in [-0.2, 0) is 11.3 Å². The number of nitrogens with zero attached hydrogens (tertiary/aromatic N) is 2. The first-order valence-corrected chi connectivity index (χ1v) is 7.89. The van der Waals surface area contributed by atoms with Gasteiger partial charge in [0.1, 0.15) is 24.1 Å². The fourth-order valence-corrected chi connectivity index (χ4v) is 2.76. The summed E-state index contributed by atoms with van der Waals surface area (Å²) in [5.41, 5.74) is -0.185. The number of thiophene rings is 1. The van der Waals surface area contributed by atoms with Crippen LogP contribution >= 0.6 is 22.9 Å². The van der Waals surface area contributed by atoms with Crippen LogP contribution < -0.4 is 0 Å². The molecule has 0 unspecified atom stereocenters. The summed E-state index contributed by atoms with van der Waals surface area (Å²) >= 11 is 7.25. The number of carbonyl (C=O) groups is 1. The molecule has 0 spiro atoms. The van der Waals surface area contributed by atoms with Crippen LogP contribution in [0.25, 0.3) is 10.8 Å². The average Bonchev–Trinajstić information content (AvgIpc) is 3.23. The van der Waals surface area contributed by atoms with Crippen molar-refractivity contribution in [3.05, 3.63) is 68.4 Å². The summed E-state index contributed by atoms with van der Waals surface area (Å²) in [5, 5.41) is 13.1. The van der Waals surface area contributed by atoms with Gasteiger partial charge in [-0.1, -0.05) is 17.7 Å². The molecule has 0 saturated heterocycles. The molecule has 0 atom stereocenters. The fraction of sp³-hybridized carbons (Fsp3) is 0.0667. The lowest BCUT2D eigenvalue weighted by Crippen LogP contribution is -2.08. The molecule has 9 heteroatoms. The van der Waals surface area contributed by atoms with Crippen molar-refractivity contribution in [3.63, 3.8) is 0 Å². The van der Waals surface area contributed by atoms with E-state index in [1.165, 1.54) is 29.7 Å². The highest BCUT2D eigenvalue weighted by Crippen LogP contribution is 2.25. The molecule has 0 N–H and O–H groups in total. The van der Waals surface area contributed by atoms with Gasteiger partial charge in [-0.2, -0.15) is 0 Å². The second-order valence-corrected chi connectivity index (χ2v) is 6.00. The molecule has 7 nitrogen and oxygen atoms in total. The quantitative estimate of drug-likeness (QED) is 0.380. The van der Waals surface area contributed by atoms with Crippen molar-refractivity contribution in [2.75, 3.05) is 0 Å². The summed E-state index contributed by atoms with van der Waals surface area (Å²) in [5.74, 6) is -0.436. The third-order valence-electron chi connectivity index (χ3n) is 3.01. The SMILES string of the molecule is O=C(OCc1coc(-c2cccs2)n1)c1cc(Cl)ccc1[N+](=O)[O-]. The van der Waals surface area contributed by atoms with Crippen molar-refractivity contribution in [2.45, 2.75) is 6.61 Å². The Bertz CT molecular complexity index is 891. The number of oxazole rings is 1. The highest BCUT2D eigenvalue weighted by Gasteiger charge is 2.22. The molecule has 3 aromatic rings. The maximum atomic E-state index is 12.1. The van der Waals surface area contributed by atoms with E-state index < -0.39 is 10.9 Å². The number of nitro groups is 1. The molecule has 3 rings (SSSR count). The van der Waals surface area contributed by atoms with Gasteiger partial charge in [-0.25, -0.2) is 9.78 Å². The lowest BCUT2D eigenvalue weighted by atomic mass is 10.2. The van der Waals surface area contributed by atoms with E-state index in [9.17, 15) is 14.9 Å². The first-order valence-electron chi connectivity index (χ1n) is 6.64. The molecule has 0 saturated carbocycles. The first-order chi connectivity index (χ1) is 11.5. The van der Waals surface area contributed by atoms with Crippen molar-refractivity contribution in [1.82, 2.24) is 4.98 Å². The summed E-state index contributed by atoms with van der Waals surface area (Å²) in [4.78, 5) is 27.4. The van der Waals surface area contributed by atoms with E-state index in [1.807, 2.05) is 17.5 Å². The molecular weight excluding hydrogens is 356 g/mol. The molecule has 0 amide bonds. The van der Waals surface area contributed by atoms with Gasteiger partial charge in [-0.3, -0.25) is 10.1 Å². The highest BCUT2D eigenvalue weighted by molar-refractivity contribution is 7.13. The van der Waals surface area contributed by atoms with Crippen LogP contribution in [0.1, 0.15) is 16.1 Å². The number of hydrogen-bond acceptors (Lipinski definition) is 7. The Morgan fingerprint density at radius 1 is 1.42 bits per heavy atom. The molecule has 2 heterocycles. The van der Waals surface area contributed by atoms with Gasteiger partial charge >= 0.3 is 5.97 Å². The maximum absolute atomic E-state index is 12.1. The van der Waals surface area contributed by atoms with Gasteiger partial charge in [-0.15, -0.1) is 11.3 Å². The van der Waals surface area contributed by atoms with Gasteiger partial charge in [0.15, 0.2) is 0 Å². The van der Waals surface area contributed by atoms with Crippen LogP contribution in [0.4, 0.5) is 5.69 Å². The second-order valence-electron chi connectivity index (χ2n) is 4.62. The number of ether oxygens (including phenoxy) is 1. The van der Waals surface area contributed by atoms with Crippen molar-refractivity contribution >= 4 is 34.6 Å². The minimum absolute atomic E-state index is 0.169. The monoisotopic (exact) mass is 364 g/mol. The molecule has 122 valence electrons. The van der Waals surface area contributed by atoms with Gasteiger partial charge in [0, 0.05) is 11.1 Å². The molecule has 24 heavy (non-hydrogen) atoms. The number of nitro benzene ring substituents is 1. The van der Waals surface area contributed by atoms with Crippen molar-refractivity contribution in [3.8, 4) is 10.8 Å². The van der Waals surface area contributed by atoms with Crippen LogP contribution in [0, 0.1) is 10.1 Å². The maximum Gasteiger partial charge on any atom is 0.345 e. The molecular formula is C15H9ClN2O5S. The Hall–Kier alpha value is -2.71. The predicted molar refractivity (Wildman–Crippen MR) is 87.0 cm³/mol. The van der Waals surface area contributed by atoms with Crippen molar-refractivity contribution in [1.29, 1.82) is 0 Å². The van der Waals surface area contributed by atoms with E-state index in [0.717, 1.165) is 10.9 Å². The van der Waals surface area contributed by atoms with Crippen molar-refractivity contribution < 1.29 is 18.9 Å². The third kappa shape index (κ3) is 3.44. The summed E-state index contributed by atoms with van der Waals surface area (Å²) in [6.45, 7) is -0.169. The van der Waals surface area contributed by atoms with E-state index in [0.29, 0.717) is 11.6 Å². The molecule has 0 fully saturated rings. The number of esters is 1. The van der Waals surface area contributed by atoms with Gasteiger partial charge in [0.2, 0.25) is 5.89 Å². The van der Waals surface area contributed by atoms with Crippen molar-refractivity contribution in [2.24, 2.45) is 0 Å².